The van der Waals surface area contributed by atoms with E-state index in [4.69, 9.17) is 4.74 Å². The van der Waals surface area contributed by atoms with Crippen LogP contribution in [0.2, 0.25) is 0 Å². The largest absolute Gasteiger partial charge is 0.494 e. The van der Waals surface area contributed by atoms with E-state index in [0.29, 0.717) is 23.8 Å². The molecular formula is C33H37N3O3S. The van der Waals surface area contributed by atoms with E-state index in [9.17, 15) is 8.42 Å². The van der Waals surface area contributed by atoms with Crippen molar-refractivity contribution in [2.45, 2.75) is 73.3 Å². The van der Waals surface area contributed by atoms with Crippen LogP contribution in [0.3, 0.4) is 0 Å². The van der Waals surface area contributed by atoms with E-state index >= 15 is 0 Å². The molecule has 6 rings (SSSR count). The molecule has 0 saturated carbocycles. The summed E-state index contributed by atoms with van der Waals surface area (Å²) in [5.41, 5.74) is 2.23. The lowest BCUT2D eigenvalue weighted by Gasteiger charge is -2.34. The Bertz CT molecular complexity index is 1540. The standard InChI is InChI=1S/C33H37N3O3S/c1-2-3-6-18-39-27-13-15-28(16-14-27)40(37,38)33-31-29(26-10-7-17-34-22-26)20-30(36-31)32(33)35-21-23-11-12-24-8-4-5-9-25(24)19-23/h4-5,7-17,19,22,29-33,35-36H,2-3,6,18,20-21H2,1H3/t29-,30-,31+,32-,33-/m1/s1. The maximum Gasteiger partial charge on any atom is 0.184 e. The highest BCUT2D eigenvalue weighted by molar-refractivity contribution is 7.92. The molecule has 2 aliphatic heterocycles. The lowest BCUT2D eigenvalue weighted by atomic mass is 9.81. The molecule has 0 radical (unpaired) electrons. The van der Waals surface area contributed by atoms with E-state index in [-0.39, 0.29) is 24.0 Å². The van der Waals surface area contributed by atoms with Crippen molar-refractivity contribution in [2.75, 3.05) is 6.61 Å². The Kier molecular flexibility index (Phi) is 7.87. The first-order valence-electron chi connectivity index (χ1n) is 14.4. The number of ether oxygens (including phenoxy) is 1. The van der Waals surface area contributed by atoms with E-state index in [1.807, 2.05) is 24.4 Å². The smallest absolute Gasteiger partial charge is 0.184 e. The summed E-state index contributed by atoms with van der Waals surface area (Å²) in [6, 6.07) is 25.4. The van der Waals surface area contributed by atoms with Gasteiger partial charge in [0.15, 0.2) is 9.84 Å². The van der Waals surface area contributed by atoms with Gasteiger partial charge in [-0.3, -0.25) is 4.98 Å². The van der Waals surface area contributed by atoms with Crippen LogP contribution >= 0.6 is 0 Å². The van der Waals surface area contributed by atoms with Gasteiger partial charge in [-0.2, -0.15) is 0 Å². The van der Waals surface area contributed by atoms with Crippen molar-refractivity contribution in [3.63, 3.8) is 0 Å². The molecule has 2 bridgehead atoms. The number of nitrogens with one attached hydrogen (secondary N) is 2. The van der Waals surface area contributed by atoms with Gasteiger partial charge in [0, 0.05) is 43.0 Å². The van der Waals surface area contributed by atoms with Gasteiger partial charge in [-0.25, -0.2) is 8.42 Å². The molecule has 5 atom stereocenters. The number of pyridine rings is 1. The zero-order chi connectivity index (χ0) is 27.5. The Morgan fingerprint density at radius 2 is 1.80 bits per heavy atom. The van der Waals surface area contributed by atoms with Gasteiger partial charge in [0.25, 0.3) is 0 Å². The second kappa shape index (κ2) is 11.7. The lowest BCUT2D eigenvalue weighted by molar-refractivity contribution is 0.306. The van der Waals surface area contributed by atoms with Crippen LogP contribution in [-0.2, 0) is 16.4 Å². The third-order valence-corrected chi connectivity index (χ3v) is 10.7. The van der Waals surface area contributed by atoms with Gasteiger partial charge in [0.2, 0.25) is 0 Å². The average Bonchev–Trinajstić information content (AvgIpc) is 3.58. The van der Waals surface area contributed by atoms with Gasteiger partial charge in [0.05, 0.1) is 16.8 Å². The number of sulfone groups is 1. The molecule has 2 saturated heterocycles. The van der Waals surface area contributed by atoms with Gasteiger partial charge >= 0.3 is 0 Å². The molecule has 4 aromatic rings. The number of nitrogens with zero attached hydrogens (tertiary/aromatic N) is 1. The number of rotatable bonds is 11. The Morgan fingerprint density at radius 1 is 0.975 bits per heavy atom. The summed E-state index contributed by atoms with van der Waals surface area (Å²) in [5.74, 6) is 0.804. The summed E-state index contributed by atoms with van der Waals surface area (Å²) in [6.45, 7) is 3.41. The molecule has 0 spiro atoms. The second-order valence-electron chi connectivity index (χ2n) is 11.1. The van der Waals surface area contributed by atoms with Gasteiger partial charge < -0.3 is 15.4 Å². The Balaban J connectivity index is 1.25. The van der Waals surface area contributed by atoms with Crippen LogP contribution in [-0.4, -0.2) is 43.4 Å². The van der Waals surface area contributed by atoms with Crippen molar-refractivity contribution in [3.05, 3.63) is 102 Å². The quantitative estimate of drug-likeness (QED) is 0.234. The molecule has 0 unspecified atom stereocenters. The van der Waals surface area contributed by atoms with Crippen LogP contribution in [0.1, 0.15) is 49.7 Å². The zero-order valence-electron chi connectivity index (χ0n) is 22.9. The summed E-state index contributed by atoms with van der Waals surface area (Å²) in [4.78, 5) is 4.66. The summed E-state index contributed by atoms with van der Waals surface area (Å²) in [6.07, 6.45) is 7.76. The highest BCUT2D eigenvalue weighted by atomic mass is 32.2. The summed E-state index contributed by atoms with van der Waals surface area (Å²) >= 11 is 0. The SMILES string of the molecule is CCCCCOc1ccc(S(=O)(=O)[C@@H]2[C@H]3N[C@H](C[C@@H]3c3cccnc3)[C@H]2NCc2ccc3ccccc3c2)cc1. The van der Waals surface area contributed by atoms with Crippen molar-refractivity contribution in [3.8, 4) is 5.75 Å². The minimum absolute atomic E-state index is 0.0524. The number of aromatic nitrogens is 1. The van der Waals surface area contributed by atoms with Gasteiger partial charge in [-0.05, 0) is 71.1 Å². The van der Waals surface area contributed by atoms with Gasteiger partial charge in [-0.15, -0.1) is 0 Å². The molecule has 3 heterocycles. The monoisotopic (exact) mass is 555 g/mol. The first-order chi connectivity index (χ1) is 19.5. The van der Waals surface area contributed by atoms with Gasteiger partial charge in [-0.1, -0.05) is 62.2 Å². The molecule has 1 aromatic heterocycles. The first kappa shape index (κ1) is 26.9. The van der Waals surface area contributed by atoms with Crippen LogP contribution in [0.5, 0.6) is 5.75 Å². The second-order valence-corrected chi connectivity index (χ2v) is 13.2. The fraction of sp³-hybridized carbons (Fsp3) is 0.364. The van der Waals surface area contributed by atoms with Crippen molar-refractivity contribution in [2.24, 2.45) is 0 Å². The Morgan fingerprint density at radius 3 is 2.58 bits per heavy atom. The average molecular weight is 556 g/mol. The maximum absolute atomic E-state index is 14.3. The number of hydrogen-bond acceptors (Lipinski definition) is 6. The number of benzene rings is 3. The van der Waals surface area contributed by atoms with Crippen molar-refractivity contribution in [1.29, 1.82) is 0 Å². The molecule has 7 heteroatoms. The Labute approximate surface area is 237 Å². The predicted molar refractivity (Wildman–Crippen MR) is 159 cm³/mol. The molecule has 208 valence electrons. The molecule has 0 amide bonds. The van der Waals surface area contributed by atoms with Gasteiger partial charge in [0.1, 0.15) is 5.75 Å². The molecule has 0 aliphatic carbocycles. The summed E-state index contributed by atoms with van der Waals surface area (Å²) in [7, 11) is -3.65. The van der Waals surface area contributed by atoms with Crippen LogP contribution in [0.15, 0.2) is 96.2 Å². The predicted octanol–water partition coefficient (Wildman–Crippen LogP) is 5.63. The van der Waals surface area contributed by atoms with Crippen LogP contribution in [0, 0.1) is 0 Å². The molecule has 40 heavy (non-hydrogen) atoms. The minimum Gasteiger partial charge on any atom is -0.494 e. The maximum atomic E-state index is 14.3. The fourth-order valence-electron chi connectivity index (χ4n) is 6.47. The van der Waals surface area contributed by atoms with Crippen molar-refractivity contribution in [1.82, 2.24) is 15.6 Å². The summed E-state index contributed by atoms with van der Waals surface area (Å²) < 4.78 is 34.4. The van der Waals surface area contributed by atoms with Crippen LogP contribution < -0.4 is 15.4 Å². The first-order valence-corrected chi connectivity index (χ1v) is 15.9. The molecular weight excluding hydrogens is 518 g/mol. The Hall–Kier alpha value is -3.26. The molecule has 6 nitrogen and oxygen atoms in total. The van der Waals surface area contributed by atoms with Crippen LogP contribution in [0.25, 0.3) is 10.8 Å². The number of fused-ring (bicyclic) bond motifs is 3. The third-order valence-electron chi connectivity index (χ3n) is 8.48. The number of unbranched alkanes of at least 4 members (excludes halogenated alkanes) is 2. The number of hydrogen-bond donors (Lipinski definition) is 2. The molecule has 2 N–H and O–H groups in total. The molecule has 2 fully saturated rings. The lowest BCUT2D eigenvalue weighted by Crippen LogP contribution is -2.52. The fourth-order valence-corrected chi connectivity index (χ4v) is 8.63. The third kappa shape index (κ3) is 5.38. The molecule has 3 aromatic carbocycles. The van der Waals surface area contributed by atoms with Crippen molar-refractivity contribution < 1.29 is 13.2 Å². The zero-order valence-corrected chi connectivity index (χ0v) is 23.7. The molecule has 2 aliphatic rings. The van der Waals surface area contributed by atoms with E-state index < -0.39 is 15.1 Å². The van der Waals surface area contributed by atoms with E-state index in [0.717, 1.165) is 36.8 Å². The highest BCUT2D eigenvalue weighted by Crippen LogP contribution is 2.44. The van der Waals surface area contributed by atoms with Crippen LogP contribution in [0.4, 0.5) is 0 Å². The van der Waals surface area contributed by atoms with E-state index in [1.165, 1.54) is 10.8 Å². The topological polar surface area (TPSA) is 80.3 Å². The van der Waals surface area contributed by atoms with Crippen molar-refractivity contribution >= 4 is 20.6 Å². The normalized spacial score (nSPS) is 24.0. The highest BCUT2D eigenvalue weighted by Gasteiger charge is 2.57. The summed E-state index contributed by atoms with van der Waals surface area (Å²) in [5, 5.41) is 9.12. The van der Waals surface area contributed by atoms with E-state index in [1.54, 1.807) is 30.5 Å². The van der Waals surface area contributed by atoms with E-state index in [2.05, 4.69) is 58.9 Å². The minimum atomic E-state index is -3.65.